The molecule has 5 atom stereocenters. The Bertz CT molecular complexity index is 799. The Morgan fingerprint density at radius 1 is 1.06 bits per heavy atom. The lowest BCUT2D eigenvalue weighted by molar-refractivity contribution is -0.141. The Morgan fingerprint density at radius 3 is 2.32 bits per heavy atom. The molecule has 3 heterocycles. The van der Waals surface area contributed by atoms with Gasteiger partial charge in [-0.25, -0.2) is 0 Å². The predicted molar refractivity (Wildman–Crippen MR) is 115 cm³/mol. The molecule has 4 fully saturated rings. The third kappa shape index (κ3) is 3.32. The molecule has 0 radical (unpaired) electrons. The van der Waals surface area contributed by atoms with Gasteiger partial charge in [-0.1, -0.05) is 50.3 Å². The molecule has 31 heavy (non-hydrogen) atoms. The second-order valence-corrected chi connectivity index (χ2v) is 9.81. The summed E-state index contributed by atoms with van der Waals surface area (Å²) in [6, 6.07) is -0.449. The fourth-order valence-corrected chi connectivity index (χ4v) is 6.50. The van der Waals surface area contributed by atoms with E-state index in [0.29, 0.717) is 0 Å². The van der Waals surface area contributed by atoms with E-state index in [4.69, 9.17) is 4.74 Å². The first-order valence-electron chi connectivity index (χ1n) is 11.9. The van der Waals surface area contributed by atoms with Crippen molar-refractivity contribution in [3.63, 3.8) is 0 Å². The molecule has 3 aliphatic heterocycles. The smallest absolute Gasteiger partial charge is 0.246 e. The van der Waals surface area contributed by atoms with Crippen molar-refractivity contribution in [3.8, 4) is 0 Å². The van der Waals surface area contributed by atoms with Gasteiger partial charge in [0.15, 0.2) is 0 Å². The third-order valence-corrected chi connectivity index (χ3v) is 7.90. The summed E-state index contributed by atoms with van der Waals surface area (Å²) in [7, 11) is 0. The van der Waals surface area contributed by atoms with Crippen molar-refractivity contribution in [2.24, 2.45) is 11.8 Å². The number of carbonyl (C=O) groups is 3. The van der Waals surface area contributed by atoms with Crippen molar-refractivity contribution >= 4 is 17.7 Å². The molecule has 0 aromatic carbocycles. The molecule has 2 saturated heterocycles. The Kier molecular flexibility index (Phi) is 5.40. The number of nitrogens with zero attached hydrogens (tertiary/aromatic N) is 1. The van der Waals surface area contributed by atoms with E-state index in [0.717, 1.165) is 51.4 Å². The predicted octanol–water partition coefficient (Wildman–Crippen LogP) is 1.83. The number of ether oxygens (including phenoxy) is 1. The Morgan fingerprint density at radius 2 is 1.68 bits per heavy atom. The average Bonchev–Trinajstić information content (AvgIpc) is 3.52. The largest absolute Gasteiger partial charge is 0.359 e. The average molecular weight is 428 g/mol. The molecule has 7 heteroatoms. The van der Waals surface area contributed by atoms with Gasteiger partial charge < -0.3 is 20.3 Å². The zero-order valence-electron chi connectivity index (χ0n) is 18.1. The van der Waals surface area contributed by atoms with E-state index in [1.807, 2.05) is 12.2 Å². The maximum absolute atomic E-state index is 13.5. The van der Waals surface area contributed by atoms with Crippen LogP contribution < -0.4 is 10.6 Å². The van der Waals surface area contributed by atoms with E-state index in [9.17, 15) is 14.4 Å². The van der Waals surface area contributed by atoms with Crippen LogP contribution in [0.2, 0.25) is 0 Å². The van der Waals surface area contributed by atoms with Gasteiger partial charge in [0.25, 0.3) is 0 Å². The second-order valence-electron chi connectivity index (χ2n) is 9.81. The summed E-state index contributed by atoms with van der Waals surface area (Å²) in [5.74, 6) is -1.72. The molecule has 2 bridgehead atoms. The number of fused-ring (bicyclic) bond motifs is 1. The van der Waals surface area contributed by atoms with E-state index in [2.05, 4.69) is 17.2 Å². The number of nitrogens with one attached hydrogen (secondary N) is 2. The molecule has 5 aliphatic rings. The third-order valence-electron chi connectivity index (χ3n) is 7.90. The van der Waals surface area contributed by atoms with Gasteiger partial charge in [0, 0.05) is 18.6 Å². The van der Waals surface area contributed by atoms with Crippen molar-refractivity contribution in [1.29, 1.82) is 0 Å². The van der Waals surface area contributed by atoms with Crippen LogP contribution in [0.3, 0.4) is 0 Å². The van der Waals surface area contributed by atoms with Crippen LogP contribution in [0.4, 0.5) is 0 Å². The normalized spacial score (nSPS) is 37.3. The Balaban J connectivity index is 1.41. The summed E-state index contributed by atoms with van der Waals surface area (Å²) in [6.07, 6.45) is 14.5. The fourth-order valence-electron chi connectivity index (χ4n) is 6.50. The first-order valence-corrected chi connectivity index (χ1v) is 11.9. The van der Waals surface area contributed by atoms with Crippen LogP contribution in [0.25, 0.3) is 0 Å². The molecule has 1 spiro atoms. The van der Waals surface area contributed by atoms with Crippen molar-refractivity contribution < 1.29 is 19.1 Å². The molecule has 2 saturated carbocycles. The highest BCUT2D eigenvalue weighted by molar-refractivity contribution is 6.00. The van der Waals surface area contributed by atoms with Crippen molar-refractivity contribution in [3.05, 3.63) is 24.8 Å². The molecule has 5 rings (SSSR count). The second kappa shape index (κ2) is 8.08. The van der Waals surface area contributed by atoms with Gasteiger partial charge in [-0.15, -0.1) is 6.58 Å². The highest BCUT2D eigenvalue weighted by atomic mass is 16.5. The van der Waals surface area contributed by atoms with E-state index in [1.54, 1.807) is 11.0 Å². The first kappa shape index (κ1) is 20.7. The lowest BCUT2D eigenvalue weighted by atomic mass is 9.74. The zero-order valence-corrected chi connectivity index (χ0v) is 18.1. The van der Waals surface area contributed by atoms with Gasteiger partial charge in [-0.3, -0.25) is 14.4 Å². The van der Waals surface area contributed by atoms with Crippen molar-refractivity contribution in [1.82, 2.24) is 15.5 Å². The molecule has 3 amide bonds. The maximum Gasteiger partial charge on any atom is 0.246 e. The van der Waals surface area contributed by atoms with Crippen molar-refractivity contribution in [2.75, 3.05) is 6.54 Å². The quantitative estimate of drug-likeness (QED) is 0.633. The van der Waals surface area contributed by atoms with Crippen molar-refractivity contribution in [2.45, 2.75) is 87.6 Å². The summed E-state index contributed by atoms with van der Waals surface area (Å²) >= 11 is 0. The number of hydrogen-bond donors (Lipinski definition) is 2. The van der Waals surface area contributed by atoms with E-state index in [-0.39, 0.29) is 36.3 Å². The summed E-state index contributed by atoms with van der Waals surface area (Å²) in [6.45, 7) is 4.04. The fraction of sp³-hybridized carbons (Fsp3) is 0.708. The molecular weight excluding hydrogens is 394 g/mol. The topological polar surface area (TPSA) is 87.7 Å². The standard InChI is InChI=1S/C24H33N3O4/c1-2-14-27-20(22(29)26-16-8-4-3-5-9-16)24-13-12-17(31-24)18(19(24)23(27)30)21(28)25-15-10-6-7-11-15/h2,12-13,15-20H,1,3-11,14H2,(H,25,28)(H,26,29). The molecule has 7 nitrogen and oxygen atoms in total. The van der Waals surface area contributed by atoms with Crippen LogP contribution in [0.1, 0.15) is 57.8 Å². The molecule has 5 unspecified atom stereocenters. The summed E-state index contributed by atoms with van der Waals surface area (Å²) in [5, 5.41) is 6.33. The highest BCUT2D eigenvalue weighted by Gasteiger charge is 2.72. The number of carbonyl (C=O) groups excluding carboxylic acids is 3. The highest BCUT2D eigenvalue weighted by Crippen LogP contribution is 2.55. The summed E-state index contributed by atoms with van der Waals surface area (Å²) in [4.78, 5) is 41.8. The summed E-state index contributed by atoms with van der Waals surface area (Å²) in [5.41, 5.74) is -1.07. The van der Waals surface area contributed by atoms with Gasteiger partial charge in [-0.05, 0) is 25.7 Å². The first-order chi connectivity index (χ1) is 15.0. The van der Waals surface area contributed by atoms with E-state index >= 15 is 0 Å². The van der Waals surface area contributed by atoms with Gasteiger partial charge in [0.2, 0.25) is 17.7 Å². The monoisotopic (exact) mass is 427 g/mol. The van der Waals surface area contributed by atoms with Gasteiger partial charge >= 0.3 is 0 Å². The van der Waals surface area contributed by atoms with E-state index < -0.39 is 29.6 Å². The van der Waals surface area contributed by atoms with Gasteiger partial charge in [-0.2, -0.15) is 0 Å². The molecular formula is C24H33N3O4. The van der Waals surface area contributed by atoms with Gasteiger partial charge in [0.1, 0.15) is 11.6 Å². The SMILES string of the molecule is C=CCN1C(=O)C2C(C(=O)NC3CCCC3)C3C=CC2(O3)C1C(=O)NC1CCCCC1. The molecule has 0 aromatic heterocycles. The van der Waals surface area contributed by atoms with Crippen LogP contribution in [0.5, 0.6) is 0 Å². The lowest BCUT2D eigenvalue weighted by Crippen LogP contribution is -2.56. The maximum atomic E-state index is 13.5. The van der Waals surface area contributed by atoms with Crippen LogP contribution in [0.15, 0.2) is 24.8 Å². The molecule has 2 aliphatic carbocycles. The number of hydrogen-bond acceptors (Lipinski definition) is 4. The minimum atomic E-state index is -1.07. The van der Waals surface area contributed by atoms with Crippen LogP contribution >= 0.6 is 0 Å². The van der Waals surface area contributed by atoms with Crippen LogP contribution in [-0.4, -0.2) is 59.0 Å². The molecule has 2 N–H and O–H groups in total. The lowest BCUT2D eigenvalue weighted by Gasteiger charge is -2.33. The minimum Gasteiger partial charge on any atom is -0.359 e. The van der Waals surface area contributed by atoms with E-state index in [1.165, 1.54) is 6.42 Å². The summed E-state index contributed by atoms with van der Waals surface area (Å²) < 4.78 is 6.32. The number of likely N-dealkylation sites (tertiary alicyclic amines) is 1. The van der Waals surface area contributed by atoms with Crippen LogP contribution in [-0.2, 0) is 19.1 Å². The van der Waals surface area contributed by atoms with Gasteiger partial charge in [0.05, 0.1) is 17.9 Å². The van der Waals surface area contributed by atoms with Crippen LogP contribution in [0, 0.1) is 11.8 Å². The molecule has 168 valence electrons. The minimum absolute atomic E-state index is 0.117. The Hall–Kier alpha value is -2.15. The zero-order chi connectivity index (χ0) is 21.6. The Labute approximate surface area is 183 Å². The molecule has 0 aromatic rings. The number of amides is 3. The number of rotatable bonds is 6.